The first kappa shape index (κ1) is 19.1. The number of piperidine rings is 1. The number of aromatic nitrogens is 2. The molecule has 144 valence electrons. The first-order chi connectivity index (χ1) is 13.7. The topological polar surface area (TPSA) is 58.1 Å². The minimum Gasteiger partial charge on any atom is -0.300 e. The van der Waals surface area contributed by atoms with E-state index < -0.39 is 0 Å². The van der Waals surface area contributed by atoms with Crippen LogP contribution in [0.5, 0.6) is 0 Å². The molecular formula is C21H21ClN4OS. The lowest BCUT2D eigenvalue weighted by Gasteiger charge is -2.31. The van der Waals surface area contributed by atoms with Crippen LogP contribution in [0.2, 0.25) is 5.02 Å². The van der Waals surface area contributed by atoms with Crippen molar-refractivity contribution in [3.63, 3.8) is 0 Å². The van der Waals surface area contributed by atoms with Gasteiger partial charge in [-0.05, 0) is 43.6 Å². The first-order valence-electron chi connectivity index (χ1n) is 9.34. The number of hydrogen-bond acceptors (Lipinski definition) is 5. The van der Waals surface area contributed by atoms with Crippen molar-refractivity contribution in [2.45, 2.75) is 19.4 Å². The summed E-state index contributed by atoms with van der Waals surface area (Å²) in [5.41, 5.74) is 2.26. The van der Waals surface area contributed by atoms with Gasteiger partial charge in [0, 0.05) is 23.0 Å². The molecule has 7 heteroatoms. The lowest BCUT2D eigenvalue weighted by molar-refractivity contribution is -0.121. The number of nitrogens with one attached hydrogen (secondary N) is 1. The Morgan fingerprint density at radius 1 is 1.07 bits per heavy atom. The quantitative estimate of drug-likeness (QED) is 0.659. The molecule has 1 saturated heterocycles. The van der Waals surface area contributed by atoms with Gasteiger partial charge in [-0.2, -0.15) is 0 Å². The van der Waals surface area contributed by atoms with E-state index in [4.69, 9.17) is 11.6 Å². The molecule has 0 unspecified atom stereocenters. The van der Waals surface area contributed by atoms with Crippen molar-refractivity contribution >= 4 is 34.0 Å². The Bertz CT molecular complexity index is 921. The van der Waals surface area contributed by atoms with Crippen molar-refractivity contribution in [2.24, 2.45) is 5.92 Å². The number of hydrogen-bond donors (Lipinski definition) is 1. The van der Waals surface area contributed by atoms with E-state index in [1.807, 2.05) is 30.3 Å². The van der Waals surface area contributed by atoms with E-state index in [-0.39, 0.29) is 11.8 Å². The molecule has 28 heavy (non-hydrogen) atoms. The highest BCUT2D eigenvalue weighted by atomic mass is 35.5. The van der Waals surface area contributed by atoms with Gasteiger partial charge in [0.25, 0.3) is 0 Å². The van der Waals surface area contributed by atoms with Gasteiger partial charge in [0.1, 0.15) is 5.01 Å². The van der Waals surface area contributed by atoms with Gasteiger partial charge in [-0.15, -0.1) is 10.2 Å². The summed E-state index contributed by atoms with van der Waals surface area (Å²) >= 11 is 7.30. The van der Waals surface area contributed by atoms with E-state index in [0.29, 0.717) is 10.2 Å². The minimum atomic E-state index is 0.0231. The smallest absolute Gasteiger partial charge is 0.229 e. The summed E-state index contributed by atoms with van der Waals surface area (Å²) in [6.07, 6.45) is 1.73. The molecule has 4 rings (SSSR count). The zero-order valence-corrected chi connectivity index (χ0v) is 16.9. The Morgan fingerprint density at radius 2 is 1.79 bits per heavy atom. The molecule has 1 aliphatic heterocycles. The Kier molecular flexibility index (Phi) is 6.00. The number of anilines is 1. The van der Waals surface area contributed by atoms with Crippen LogP contribution in [0.1, 0.15) is 18.4 Å². The molecule has 1 amide bonds. The number of likely N-dealkylation sites (tertiary alicyclic amines) is 1. The zero-order valence-electron chi connectivity index (χ0n) is 15.3. The molecule has 0 atom stereocenters. The highest BCUT2D eigenvalue weighted by molar-refractivity contribution is 7.18. The van der Waals surface area contributed by atoms with Gasteiger partial charge >= 0.3 is 0 Å². The number of carbonyl (C=O) groups excluding carboxylic acids is 1. The number of benzene rings is 2. The third kappa shape index (κ3) is 4.76. The van der Waals surface area contributed by atoms with Crippen molar-refractivity contribution in [1.29, 1.82) is 0 Å². The molecule has 0 bridgehead atoms. The van der Waals surface area contributed by atoms with Gasteiger partial charge in [0.05, 0.1) is 0 Å². The second kappa shape index (κ2) is 8.82. The maximum atomic E-state index is 12.6. The Balaban J connectivity index is 1.29. The molecule has 0 radical (unpaired) electrons. The highest BCUT2D eigenvalue weighted by Gasteiger charge is 2.25. The zero-order chi connectivity index (χ0) is 19.3. The van der Waals surface area contributed by atoms with Crippen molar-refractivity contribution in [2.75, 3.05) is 18.4 Å². The van der Waals surface area contributed by atoms with Gasteiger partial charge < -0.3 is 5.32 Å². The minimum absolute atomic E-state index is 0.0231. The van der Waals surface area contributed by atoms with Crippen LogP contribution in [0, 0.1) is 5.92 Å². The normalized spacial score (nSPS) is 15.5. The number of nitrogens with zero attached hydrogens (tertiary/aromatic N) is 3. The summed E-state index contributed by atoms with van der Waals surface area (Å²) in [7, 11) is 0. The van der Waals surface area contributed by atoms with E-state index >= 15 is 0 Å². The molecule has 1 aliphatic rings. The van der Waals surface area contributed by atoms with Crippen LogP contribution in [0.4, 0.5) is 5.13 Å². The maximum absolute atomic E-state index is 12.6. The van der Waals surface area contributed by atoms with Crippen molar-refractivity contribution in [3.05, 3.63) is 65.2 Å². The molecular weight excluding hydrogens is 392 g/mol. The van der Waals surface area contributed by atoms with Crippen LogP contribution in [-0.4, -0.2) is 34.1 Å². The second-order valence-electron chi connectivity index (χ2n) is 6.94. The number of rotatable bonds is 5. The predicted octanol–water partition coefficient (Wildman–Crippen LogP) is 4.71. The lowest BCUT2D eigenvalue weighted by atomic mass is 9.95. The summed E-state index contributed by atoms with van der Waals surface area (Å²) in [6.45, 7) is 2.80. The van der Waals surface area contributed by atoms with Gasteiger partial charge in [0.2, 0.25) is 11.0 Å². The maximum Gasteiger partial charge on any atom is 0.229 e. The van der Waals surface area contributed by atoms with Crippen molar-refractivity contribution < 1.29 is 4.79 Å². The summed E-state index contributed by atoms with van der Waals surface area (Å²) in [5.74, 6) is 0.0630. The van der Waals surface area contributed by atoms with Gasteiger partial charge in [-0.25, -0.2) is 0 Å². The molecule has 0 aliphatic carbocycles. The second-order valence-corrected chi connectivity index (χ2v) is 8.36. The van der Waals surface area contributed by atoms with E-state index in [1.165, 1.54) is 16.9 Å². The molecule has 2 aromatic carbocycles. The van der Waals surface area contributed by atoms with E-state index in [2.05, 4.69) is 44.7 Å². The summed E-state index contributed by atoms with van der Waals surface area (Å²) < 4.78 is 0. The van der Waals surface area contributed by atoms with Gasteiger partial charge in [0.15, 0.2) is 0 Å². The molecule has 1 N–H and O–H groups in total. The fourth-order valence-electron chi connectivity index (χ4n) is 3.39. The van der Waals surface area contributed by atoms with Crippen LogP contribution in [0.25, 0.3) is 10.6 Å². The number of amides is 1. The van der Waals surface area contributed by atoms with E-state index in [9.17, 15) is 4.79 Å². The van der Waals surface area contributed by atoms with Crippen LogP contribution in [0.3, 0.4) is 0 Å². The third-order valence-electron chi connectivity index (χ3n) is 4.95. The molecule has 5 nitrogen and oxygen atoms in total. The van der Waals surface area contributed by atoms with Crippen molar-refractivity contribution in [1.82, 2.24) is 15.1 Å². The SMILES string of the molecule is O=C(Nc1nnc(-c2ccc(Cl)cc2)s1)C1CCN(Cc2ccccc2)CC1. The summed E-state index contributed by atoms with van der Waals surface area (Å²) in [6, 6.07) is 17.9. The van der Waals surface area contributed by atoms with Crippen molar-refractivity contribution in [3.8, 4) is 10.6 Å². The average Bonchev–Trinajstić information content (AvgIpc) is 3.18. The molecule has 0 saturated carbocycles. The summed E-state index contributed by atoms with van der Waals surface area (Å²) in [5, 5.41) is 13.2. The van der Waals surface area contributed by atoms with Crippen LogP contribution in [0.15, 0.2) is 54.6 Å². The standard InChI is InChI=1S/C21H21ClN4OS/c22-18-8-6-17(7-9-18)20-24-25-21(28-20)23-19(27)16-10-12-26(13-11-16)14-15-4-2-1-3-5-15/h1-9,16H,10-14H2,(H,23,25,27). The Hall–Kier alpha value is -2.28. The molecule has 1 fully saturated rings. The van der Waals surface area contributed by atoms with Gasteiger partial charge in [-0.3, -0.25) is 9.69 Å². The van der Waals surface area contributed by atoms with Gasteiger partial charge in [-0.1, -0.05) is 65.4 Å². The van der Waals surface area contributed by atoms with Crippen LogP contribution < -0.4 is 5.32 Å². The average molecular weight is 413 g/mol. The molecule has 0 spiro atoms. The fourth-order valence-corrected chi connectivity index (χ4v) is 4.26. The monoisotopic (exact) mass is 412 g/mol. The molecule has 1 aromatic heterocycles. The van der Waals surface area contributed by atoms with E-state index in [1.54, 1.807) is 0 Å². The van der Waals surface area contributed by atoms with Crippen LogP contribution in [-0.2, 0) is 11.3 Å². The molecule has 3 aromatic rings. The van der Waals surface area contributed by atoms with Crippen LogP contribution >= 0.6 is 22.9 Å². The number of halogens is 1. The summed E-state index contributed by atoms with van der Waals surface area (Å²) in [4.78, 5) is 15.0. The fraction of sp³-hybridized carbons (Fsp3) is 0.286. The Labute approximate surface area is 173 Å². The van der Waals surface area contributed by atoms with E-state index in [0.717, 1.165) is 43.0 Å². The lowest BCUT2D eigenvalue weighted by Crippen LogP contribution is -2.37. The third-order valence-corrected chi connectivity index (χ3v) is 6.09. The highest BCUT2D eigenvalue weighted by Crippen LogP contribution is 2.28. The Morgan fingerprint density at radius 3 is 2.50 bits per heavy atom. The first-order valence-corrected chi connectivity index (χ1v) is 10.5. The predicted molar refractivity (Wildman–Crippen MR) is 113 cm³/mol. The molecule has 2 heterocycles. The largest absolute Gasteiger partial charge is 0.300 e. The number of carbonyl (C=O) groups is 1.